The smallest absolute Gasteiger partial charge is 0.252 e. The molecule has 0 saturated carbocycles. The average molecular weight is 375 g/mol. The Morgan fingerprint density at radius 1 is 0.964 bits per heavy atom. The van der Waals surface area contributed by atoms with Crippen molar-refractivity contribution in [3.63, 3.8) is 0 Å². The highest BCUT2D eigenvalue weighted by Gasteiger charge is 2.07. The number of anilines is 2. The number of hydrogen-bond donors (Lipinski definition) is 2. The second kappa shape index (κ2) is 9.55. The number of nitrogens with one attached hydrogen (secondary N) is 2. The Kier molecular flexibility index (Phi) is 6.63. The molecule has 0 spiro atoms. The van der Waals surface area contributed by atoms with Crippen molar-refractivity contribution in [1.82, 2.24) is 10.3 Å². The number of para-hydroxylation sites is 1. The number of carbonyl (C=O) groups is 1. The lowest BCUT2D eigenvalue weighted by Crippen LogP contribution is -2.25. The van der Waals surface area contributed by atoms with E-state index in [0.717, 1.165) is 29.3 Å². The molecular formula is C23H25N3O2. The third-order valence-electron chi connectivity index (χ3n) is 4.13. The predicted octanol–water partition coefficient (Wildman–Crippen LogP) is 5.39. The van der Waals surface area contributed by atoms with Crippen molar-refractivity contribution in [3.05, 3.63) is 78.6 Å². The number of carbonyl (C=O) groups excluding carboxylic acids is 1. The fraction of sp³-hybridized carbons (Fsp3) is 0.217. The molecule has 0 saturated heterocycles. The first-order valence-corrected chi connectivity index (χ1v) is 9.43. The first-order valence-electron chi connectivity index (χ1n) is 9.43. The highest BCUT2D eigenvalue weighted by atomic mass is 16.5. The maximum Gasteiger partial charge on any atom is 0.252 e. The molecule has 0 aliphatic carbocycles. The van der Waals surface area contributed by atoms with Crippen LogP contribution >= 0.6 is 0 Å². The van der Waals surface area contributed by atoms with Crippen molar-refractivity contribution in [3.8, 4) is 11.5 Å². The third kappa shape index (κ3) is 5.84. The molecule has 144 valence electrons. The fourth-order valence-corrected chi connectivity index (χ4v) is 2.61. The van der Waals surface area contributed by atoms with Crippen LogP contribution in [0.2, 0.25) is 0 Å². The minimum Gasteiger partial charge on any atom is -0.457 e. The molecular weight excluding hydrogens is 350 g/mol. The predicted molar refractivity (Wildman–Crippen MR) is 112 cm³/mol. The van der Waals surface area contributed by atoms with Crippen molar-refractivity contribution in [2.45, 2.75) is 20.3 Å². The summed E-state index contributed by atoms with van der Waals surface area (Å²) in [6.07, 6.45) is 4.22. The van der Waals surface area contributed by atoms with Gasteiger partial charge in [0.2, 0.25) is 0 Å². The first-order chi connectivity index (χ1) is 13.6. The van der Waals surface area contributed by atoms with E-state index in [1.807, 2.05) is 54.6 Å². The van der Waals surface area contributed by atoms with Gasteiger partial charge in [0.05, 0.1) is 17.4 Å². The van der Waals surface area contributed by atoms with Crippen molar-refractivity contribution in [1.29, 1.82) is 0 Å². The van der Waals surface area contributed by atoms with Gasteiger partial charge in [-0.25, -0.2) is 0 Å². The highest BCUT2D eigenvalue weighted by Crippen LogP contribution is 2.24. The monoisotopic (exact) mass is 375 g/mol. The van der Waals surface area contributed by atoms with Crippen LogP contribution in [0.25, 0.3) is 0 Å². The van der Waals surface area contributed by atoms with E-state index in [2.05, 4.69) is 29.5 Å². The molecule has 28 heavy (non-hydrogen) atoms. The summed E-state index contributed by atoms with van der Waals surface area (Å²) in [5, 5.41) is 6.20. The summed E-state index contributed by atoms with van der Waals surface area (Å²) in [5.41, 5.74) is 2.19. The van der Waals surface area contributed by atoms with Gasteiger partial charge in [0.25, 0.3) is 5.91 Å². The van der Waals surface area contributed by atoms with E-state index in [1.165, 1.54) is 0 Å². The molecule has 0 atom stereocenters. The van der Waals surface area contributed by atoms with Crippen molar-refractivity contribution >= 4 is 17.3 Å². The lowest BCUT2D eigenvalue weighted by Gasteiger charge is -2.10. The van der Waals surface area contributed by atoms with Crippen molar-refractivity contribution in [2.75, 3.05) is 11.9 Å². The average Bonchev–Trinajstić information content (AvgIpc) is 2.70. The van der Waals surface area contributed by atoms with E-state index in [9.17, 15) is 4.79 Å². The number of amides is 1. The van der Waals surface area contributed by atoms with Gasteiger partial charge < -0.3 is 15.4 Å². The summed E-state index contributed by atoms with van der Waals surface area (Å²) in [4.78, 5) is 16.4. The Balaban J connectivity index is 1.60. The second-order valence-electron chi connectivity index (χ2n) is 6.97. The molecule has 2 N–H and O–H groups in total. The van der Waals surface area contributed by atoms with Gasteiger partial charge in [-0.1, -0.05) is 32.0 Å². The van der Waals surface area contributed by atoms with E-state index in [0.29, 0.717) is 18.0 Å². The number of nitrogens with zero attached hydrogens (tertiary/aromatic N) is 1. The summed E-state index contributed by atoms with van der Waals surface area (Å²) in [6.45, 7) is 4.93. The molecule has 0 radical (unpaired) electrons. The Morgan fingerprint density at radius 3 is 2.39 bits per heavy atom. The van der Waals surface area contributed by atoms with Gasteiger partial charge in [-0.05, 0) is 54.8 Å². The number of aromatic nitrogens is 1. The standard InChI is InChI=1S/C23H25N3O2/c1-17(2)12-13-25-23(27)18-14-20(16-24-15-18)26-19-8-10-22(11-9-19)28-21-6-4-3-5-7-21/h3-11,14-17,26H,12-13H2,1-2H3,(H,25,27). The molecule has 3 aromatic rings. The van der Waals surface area contributed by atoms with E-state index < -0.39 is 0 Å². The molecule has 3 rings (SSSR count). The third-order valence-corrected chi connectivity index (χ3v) is 4.13. The maximum atomic E-state index is 12.3. The zero-order valence-electron chi connectivity index (χ0n) is 16.2. The maximum absolute atomic E-state index is 12.3. The molecule has 0 aliphatic heterocycles. The molecule has 2 aromatic carbocycles. The van der Waals surface area contributed by atoms with Crippen molar-refractivity contribution < 1.29 is 9.53 Å². The Bertz CT molecular complexity index is 893. The van der Waals surface area contributed by atoms with Crippen LogP contribution in [0.5, 0.6) is 11.5 Å². The van der Waals surface area contributed by atoms with Gasteiger partial charge in [-0.15, -0.1) is 0 Å². The summed E-state index contributed by atoms with van der Waals surface area (Å²) in [7, 11) is 0. The fourth-order valence-electron chi connectivity index (χ4n) is 2.61. The van der Waals surface area contributed by atoms with Gasteiger partial charge in [-0.3, -0.25) is 9.78 Å². The Hall–Kier alpha value is -3.34. The van der Waals surface area contributed by atoms with Gasteiger partial charge in [-0.2, -0.15) is 0 Å². The molecule has 1 aromatic heterocycles. The molecule has 1 heterocycles. The number of ether oxygens (including phenoxy) is 1. The summed E-state index contributed by atoms with van der Waals surface area (Å²) in [5.74, 6) is 2.00. The molecule has 0 bridgehead atoms. The molecule has 0 fully saturated rings. The van der Waals surface area contributed by atoms with Crippen LogP contribution in [0.4, 0.5) is 11.4 Å². The van der Waals surface area contributed by atoms with E-state index in [4.69, 9.17) is 4.74 Å². The normalized spacial score (nSPS) is 10.5. The quantitative estimate of drug-likeness (QED) is 0.554. The van der Waals surface area contributed by atoms with Crippen LogP contribution in [-0.4, -0.2) is 17.4 Å². The van der Waals surface area contributed by atoms with Gasteiger partial charge in [0.15, 0.2) is 0 Å². The van der Waals surface area contributed by atoms with Crippen LogP contribution < -0.4 is 15.4 Å². The van der Waals surface area contributed by atoms with E-state index in [1.54, 1.807) is 18.5 Å². The first kappa shape index (κ1) is 19.4. The summed E-state index contributed by atoms with van der Waals surface area (Å²) >= 11 is 0. The molecule has 0 unspecified atom stereocenters. The van der Waals surface area contributed by atoms with E-state index >= 15 is 0 Å². The van der Waals surface area contributed by atoms with Crippen LogP contribution in [0.15, 0.2) is 73.1 Å². The van der Waals surface area contributed by atoms with E-state index in [-0.39, 0.29) is 5.91 Å². The van der Waals surface area contributed by atoms with Crippen molar-refractivity contribution in [2.24, 2.45) is 5.92 Å². The topological polar surface area (TPSA) is 63.2 Å². The lowest BCUT2D eigenvalue weighted by molar-refractivity contribution is 0.0951. The van der Waals surface area contributed by atoms with Gasteiger partial charge in [0.1, 0.15) is 11.5 Å². The minimum atomic E-state index is -0.108. The zero-order chi connectivity index (χ0) is 19.8. The van der Waals surface area contributed by atoms with Gasteiger partial charge >= 0.3 is 0 Å². The second-order valence-corrected chi connectivity index (χ2v) is 6.97. The lowest BCUT2D eigenvalue weighted by atomic mass is 10.1. The van der Waals surface area contributed by atoms with Crippen LogP contribution in [-0.2, 0) is 0 Å². The summed E-state index contributed by atoms with van der Waals surface area (Å²) in [6, 6.07) is 19.1. The Labute approximate surface area is 165 Å². The molecule has 5 heteroatoms. The number of rotatable bonds is 8. The highest BCUT2D eigenvalue weighted by molar-refractivity contribution is 5.94. The Morgan fingerprint density at radius 2 is 1.68 bits per heavy atom. The largest absolute Gasteiger partial charge is 0.457 e. The van der Waals surface area contributed by atoms with Crippen LogP contribution in [0, 0.1) is 5.92 Å². The number of hydrogen-bond acceptors (Lipinski definition) is 4. The van der Waals surface area contributed by atoms with Crippen LogP contribution in [0.1, 0.15) is 30.6 Å². The minimum absolute atomic E-state index is 0.108. The summed E-state index contributed by atoms with van der Waals surface area (Å²) < 4.78 is 5.80. The zero-order valence-corrected chi connectivity index (χ0v) is 16.2. The van der Waals surface area contributed by atoms with Crippen LogP contribution in [0.3, 0.4) is 0 Å². The molecule has 0 aliphatic rings. The number of pyridine rings is 1. The number of benzene rings is 2. The molecule has 5 nitrogen and oxygen atoms in total. The van der Waals surface area contributed by atoms with Gasteiger partial charge in [0, 0.05) is 18.4 Å². The molecule has 1 amide bonds. The SMILES string of the molecule is CC(C)CCNC(=O)c1cncc(Nc2ccc(Oc3ccccc3)cc2)c1.